The number of thiazole rings is 1. The fraction of sp³-hybridized carbons (Fsp3) is 0.706. The molecule has 0 unspecified atom stereocenters. The summed E-state index contributed by atoms with van der Waals surface area (Å²) in [6.45, 7) is 2.66. The van der Waals surface area contributed by atoms with Crippen molar-refractivity contribution in [1.29, 1.82) is 0 Å². The Kier molecular flexibility index (Phi) is 5.30. The van der Waals surface area contributed by atoms with Crippen LogP contribution in [0.1, 0.15) is 67.4 Å². The Morgan fingerprint density at radius 1 is 1.26 bits per heavy atom. The van der Waals surface area contributed by atoms with Crippen LogP contribution in [0.15, 0.2) is 5.38 Å². The lowest BCUT2D eigenvalue weighted by atomic mass is 9.94. The van der Waals surface area contributed by atoms with Gasteiger partial charge in [-0.15, -0.1) is 11.3 Å². The first kappa shape index (κ1) is 16.4. The van der Waals surface area contributed by atoms with Crippen LogP contribution in [-0.2, 0) is 16.1 Å². The molecule has 23 heavy (non-hydrogen) atoms. The molecule has 0 aliphatic heterocycles. The molecule has 0 spiro atoms. The van der Waals surface area contributed by atoms with Gasteiger partial charge < -0.3 is 9.64 Å². The Morgan fingerprint density at radius 2 is 2.00 bits per heavy atom. The molecule has 3 rings (SSSR count). The van der Waals surface area contributed by atoms with E-state index in [0.29, 0.717) is 24.9 Å². The monoisotopic (exact) mass is 336 g/mol. The van der Waals surface area contributed by atoms with Crippen molar-refractivity contribution in [2.45, 2.75) is 64.5 Å². The number of amides is 1. The Morgan fingerprint density at radius 3 is 2.65 bits per heavy atom. The maximum absolute atomic E-state index is 12.7. The highest BCUT2D eigenvalue weighted by Crippen LogP contribution is 2.34. The van der Waals surface area contributed by atoms with E-state index in [0.717, 1.165) is 30.7 Å². The highest BCUT2D eigenvalue weighted by molar-refractivity contribution is 7.09. The summed E-state index contributed by atoms with van der Waals surface area (Å²) in [7, 11) is 0. The lowest BCUT2D eigenvalue weighted by molar-refractivity contribution is -0.136. The van der Waals surface area contributed by atoms with Gasteiger partial charge >= 0.3 is 5.97 Å². The second-order valence-corrected chi connectivity index (χ2v) is 7.32. The number of hydrogen-bond donors (Lipinski definition) is 0. The number of hydrogen-bond acceptors (Lipinski definition) is 5. The maximum atomic E-state index is 12.7. The van der Waals surface area contributed by atoms with Crippen molar-refractivity contribution in [3.63, 3.8) is 0 Å². The number of carbonyl (C=O) groups is 2. The number of rotatable bonds is 6. The number of ether oxygens (including phenoxy) is 1. The third kappa shape index (κ3) is 4.10. The zero-order chi connectivity index (χ0) is 16.2. The van der Waals surface area contributed by atoms with E-state index in [1.54, 1.807) is 12.3 Å². The first-order chi connectivity index (χ1) is 11.2. The smallest absolute Gasteiger partial charge is 0.357 e. The molecular weight excluding hydrogens is 312 g/mol. The van der Waals surface area contributed by atoms with Gasteiger partial charge in [0.05, 0.1) is 13.2 Å². The molecule has 1 heterocycles. The highest BCUT2D eigenvalue weighted by atomic mass is 32.1. The number of carbonyl (C=O) groups excluding carboxylic acids is 2. The van der Waals surface area contributed by atoms with Crippen LogP contribution >= 0.6 is 11.3 Å². The molecule has 0 radical (unpaired) electrons. The Hall–Kier alpha value is -1.43. The van der Waals surface area contributed by atoms with Crippen molar-refractivity contribution >= 4 is 23.2 Å². The summed E-state index contributed by atoms with van der Waals surface area (Å²) in [4.78, 5) is 30.8. The van der Waals surface area contributed by atoms with Crippen LogP contribution in [0.5, 0.6) is 0 Å². The Balaban J connectivity index is 1.70. The fourth-order valence-corrected chi connectivity index (χ4v) is 3.93. The summed E-state index contributed by atoms with van der Waals surface area (Å²) in [6.07, 6.45) is 7.90. The van der Waals surface area contributed by atoms with Crippen LogP contribution in [0.25, 0.3) is 0 Å². The Labute approximate surface area is 141 Å². The fourth-order valence-electron chi connectivity index (χ4n) is 3.17. The zero-order valence-electron chi connectivity index (χ0n) is 13.6. The van der Waals surface area contributed by atoms with Crippen LogP contribution in [0.2, 0.25) is 0 Å². The minimum Gasteiger partial charge on any atom is -0.461 e. The lowest BCUT2D eigenvalue weighted by Gasteiger charge is -2.34. The third-order valence-electron chi connectivity index (χ3n) is 4.57. The first-order valence-corrected chi connectivity index (χ1v) is 9.49. The van der Waals surface area contributed by atoms with E-state index in [1.165, 1.54) is 30.6 Å². The van der Waals surface area contributed by atoms with Gasteiger partial charge in [0.2, 0.25) is 5.91 Å². The molecule has 0 atom stereocenters. The SMILES string of the molecule is CCOC(=O)c1csc(CN(C(=O)C2CC2)C2CCCCC2)n1. The average molecular weight is 336 g/mol. The molecule has 1 amide bonds. The molecule has 126 valence electrons. The van der Waals surface area contributed by atoms with Crippen LogP contribution in [0, 0.1) is 5.92 Å². The number of nitrogens with zero attached hydrogens (tertiary/aromatic N) is 2. The highest BCUT2D eigenvalue weighted by Gasteiger charge is 2.37. The minimum atomic E-state index is -0.382. The average Bonchev–Trinajstić information content (AvgIpc) is 3.32. The van der Waals surface area contributed by atoms with Crippen LogP contribution in [0.3, 0.4) is 0 Å². The topological polar surface area (TPSA) is 59.5 Å². The molecule has 1 aromatic heterocycles. The molecular formula is C17H24N2O3S. The van der Waals surface area contributed by atoms with Gasteiger partial charge in [-0.3, -0.25) is 4.79 Å². The molecule has 2 aliphatic rings. The van der Waals surface area contributed by atoms with Gasteiger partial charge in [0.25, 0.3) is 0 Å². The van der Waals surface area contributed by atoms with Crippen LogP contribution in [0.4, 0.5) is 0 Å². The predicted molar refractivity (Wildman–Crippen MR) is 88.2 cm³/mol. The molecule has 5 nitrogen and oxygen atoms in total. The second kappa shape index (κ2) is 7.43. The Bertz CT molecular complexity index is 562. The van der Waals surface area contributed by atoms with Crippen molar-refractivity contribution in [1.82, 2.24) is 9.88 Å². The molecule has 0 bridgehead atoms. The molecule has 1 aromatic rings. The van der Waals surface area contributed by atoms with Crippen LogP contribution < -0.4 is 0 Å². The van der Waals surface area contributed by atoms with E-state index < -0.39 is 0 Å². The van der Waals surface area contributed by atoms with Crippen molar-refractivity contribution < 1.29 is 14.3 Å². The molecule has 0 saturated heterocycles. The minimum absolute atomic E-state index is 0.224. The standard InChI is InChI=1S/C17H24N2O3S/c1-2-22-17(21)14-11-23-15(18-14)10-19(16(20)12-8-9-12)13-6-4-3-5-7-13/h11-13H,2-10H2,1H3. The van der Waals surface area contributed by atoms with Gasteiger partial charge in [0.1, 0.15) is 5.01 Å². The molecule has 0 aromatic carbocycles. The van der Waals surface area contributed by atoms with E-state index in [-0.39, 0.29) is 17.8 Å². The van der Waals surface area contributed by atoms with Crippen molar-refractivity contribution in [2.24, 2.45) is 5.92 Å². The summed E-state index contributed by atoms with van der Waals surface area (Å²) in [6, 6.07) is 0.340. The number of aromatic nitrogens is 1. The van der Waals surface area contributed by atoms with Crippen LogP contribution in [-0.4, -0.2) is 34.4 Å². The first-order valence-electron chi connectivity index (χ1n) is 8.61. The molecule has 0 N–H and O–H groups in total. The van der Waals surface area contributed by atoms with Crippen molar-refractivity contribution in [3.8, 4) is 0 Å². The predicted octanol–water partition coefficient (Wildman–Crippen LogP) is 3.39. The summed E-state index contributed by atoms with van der Waals surface area (Å²) < 4.78 is 4.98. The summed E-state index contributed by atoms with van der Waals surface area (Å²) in [5.41, 5.74) is 0.356. The largest absolute Gasteiger partial charge is 0.461 e. The van der Waals surface area contributed by atoms with E-state index in [9.17, 15) is 9.59 Å². The molecule has 2 saturated carbocycles. The summed E-state index contributed by atoms with van der Waals surface area (Å²) >= 11 is 1.44. The summed E-state index contributed by atoms with van der Waals surface area (Å²) in [5, 5.41) is 2.56. The van der Waals surface area contributed by atoms with E-state index in [4.69, 9.17) is 4.74 Å². The number of esters is 1. The molecule has 6 heteroatoms. The van der Waals surface area contributed by atoms with E-state index in [2.05, 4.69) is 4.98 Å². The van der Waals surface area contributed by atoms with Gasteiger partial charge in [-0.25, -0.2) is 9.78 Å². The van der Waals surface area contributed by atoms with Gasteiger partial charge in [-0.2, -0.15) is 0 Å². The van der Waals surface area contributed by atoms with Gasteiger partial charge in [-0.05, 0) is 32.6 Å². The van der Waals surface area contributed by atoms with E-state index in [1.807, 2.05) is 4.90 Å². The lowest BCUT2D eigenvalue weighted by Crippen LogP contribution is -2.41. The van der Waals surface area contributed by atoms with Gasteiger partial charge in [0, 0.05) is 17.3 Å². The second-order valence-electron chi connectivity index (χ2n) is 6.38. The molecule has 2 fully saturated rings. The van der Waals surface area contributed by atoms with Crippen molar-refractivity contribution in [3.05, 3.63) is 16.1 Å². The maximum Gasteiger partial charge on any atom is 0.357 e. The van der Waals surface area contributed by atoms with Crippen molar-refractivity contribution in [2.75, 3.05) is 6.61 Å². The molecule has 2 aliphatic carbocycles. The van der Waals surface area contributed by atoms with E-state index >= 15 is 0 Å². The zero-order valence-corrected chi connectivity index (χ0v) is 14.4. The third-order valence-corrected chi connectivity index (χ3v) is 5.40. The normalized spacial score (nSPS) is 18.7. The van der Waals surface area contributed by atoms with Gasteiger partial charge in [0.15, 0.2) is 5.69 Å². The summed E-state index contributed by atoms with van der Waals surface area (Å²) in [5.74, 6) is 0.124. The quantitative estimate of drug-likeness (QED) is 0.747. The van der Waals surface area contributed by atoms with Gasteiger partial charge in [-0.1, -0.05) is 19.3 Å².